The summed E-state index contributed by atoms with van der Waals surface area (Å²) in [6.07, 6.45) is -1.31. The van der Waals surface area contributed by atoms with Gasteiger partial charge in [0.25, 0.3) is 5.03 Å². The molecule has 0 spiro atoms. The Kier molecular flexibility index (Phi) is 5.10. The maximum Gasteiger partial charge on any atom is 0.417 e. The molecule has 1 atom stereocenters. The highest BCUT2D eigenvalue weighted by atomic mass is 32.2. The first-order chi connectivity index (χ1) is 15.2. The quantitative estimate of drug-likeness (QED) is 0.373. The van der Waals surface area contributed by atoms with Crippen LogP contribution in [0.2, 0.25) is 0 Å². The second-order valence-corrected chi connectivity index (χ2v) is 10.6. The number of fused-ring (bicyclic) bond motifs is 1. The van der Waals surface area contributed by atoms with Crippen LogP contribution >= 0.6 is 11.3 Å². The van der Waals surface area contributed by atoms with E-state index in [1.165, 1.54) is 17.7 Å². The summed E-state index contributed by atoms with van der Waals surface area (Å²) in [5, 5.41) is 0.498. The van der Waals surface area contributed by atoms with Crippen LogP contribution in [0, 0.1) is 0 Å². The highest BCUT2D eigenvalue weighted by Gasteiger charge is 2.34. The molecule has 0 amide bonds. The van der Waals surface area contributed by atoms with Crippen LogP contribution in [-0.4, -0.2) is 34.4 Å². The second-order valence-electron chi connectivity index (χ2n) is 7.82. The molecule has 0 saturated heterocycles. The van der Waals surface area contributed by atoms with Gasteiger partial charge >= 0.3 is 6.18 Å². The van der Waals surface area contributed by atoms with Crippen LogP contribution in [0.25, 0.3) is 33.4 Å². The Hall–Kier alpha value is -2.37. The number of nitrogens with zero attached hydrogens (tertiary/aromatic N) is 5. The Morgan fingerprint density at radius 1 is 1.16 bits per heavy atom. The molecular formula is C21H20F3N5OS2. The van der Waals surface area contributed by atoms with Gasteiger partial charge in [-0.2, -0.15) is 13.2 Å². The Labute approximate surface area is 189 Å². The molecule has 11 heteroatoms. The first-order valence-electron chi connectivity index (χ1n) is 10.1. The molecule has 5 rings (SSSR count). The summed E-state index contributed by atoms with van der Waals surface area (Å²) in [7, 11) is 3.49. The van der Waals surface area contributed by atoms with E-state index < -0.39 is 22.9 Å². The van der Waals surface area contributed by atoms with Gasteiger partial charge in [-0.25, -0.2) is 15.0 Å². The minimum Gasteiger partial charge on any atom is -0.610 e. The van der Waals surface area contributed by atoms with Gasteiger partial charge < -0.3 is 9.12 Å². The maximum absolute atomic E-state index is 13.1. The molecule has 6 nitrogen and oxygen atoms in total. The molecule has 1 fully saturated rings. The highest BCUT2D eigenvalue weighted by molar-refractivity contribution is 7.91. The topological polar surface area (TPSA) is 71.6 Å². The molecule has 1 saturated carbocycles. The number of pyridine rings is 1. The minimum atomic E-state index is -4.51. The number of halogens is 3. The van der Waals surface area contributed by atoms with Gasteiger partial charge in [0, 0.05) is 36.3 Å². The largest absolute Gasteiger partial charge is 0.610 e. The van der Waals surface area contributed by atoms with E-state index in [0.717, 1.165) is 17.1 Å². The smallest absolute Gasteiger partial charge is 0.417 e. The molecule has 0 bridgehead atoms. The van der Waals surface area contributed by atoms with Crippen LogP contribution in [0.3, 0.4) is 0 Å². The molecule has 32 heavy (non-hydrogen) atoms. The fourth-order valence-electron chi connectivity index (χ4n) is 3.75. The SMILES string of the molecule is CC[S+]([O-])c1c(-c2nc3cc(C(F)(F)F)cnc3n2C)nc(-c2ccc(C3CC3)s2)n1C. The lowest BCUT2D eigenvalue weighted by Gasteiger charge is -2.10. The standard InChI is InChI=1S/C21H20F3N5OS2/c1-4-32(30)20-16(27-18(29(20)3)15-8-7-14(31-15)11-5-6-11)19-26-13-9-12(21(22,23)24)10-25-17(13)28(19)2/h7-11H,4-6H2,1-3H3. The predicted molar refractivity (Wildman–Crippen MR) is 118 cm³/mol. The lowest BCUT2D eigenvalue weighted by molar-refractivity contribution is -0.137. The van der Waals surface area contributed by atoms with Gasteiger partial charge in [0.05, 0.1) is 10.4 Å². The summed E-state index contributed by atoms with van der Waals surface area (Å²) in [6.45, 7) is 1.81. The van der Waals surface area contributed by atoms with Crippen molar-refractivity contribution in [1.29, 1.82) is 0 Å². The molecule has 0 N–H and O–H groups in total. The van der Waals surface area contributed by atoms with Crippen LogP contribution in [0.1, 0.15) is 36.1 Å². The lowest BCUT2D eigenvalue weighted by Crippen LogP contribution is -2.11. The van der Waals surface area contributed by atoms with Gasteiger partial charge in [-0.3, -0.25) is 4.57 Å². The molecule has 0 aliphatic heterocycles. The average Bonchev–Trinajstić information content (AvgIpc) is 3.26. The van der Waals surface area contributed by atoms with Crippen molar-refractivity contribution in [2.24, 2.45) is 14.1 Å². The van der Waals surface area contributed by atoms with Crippen molar-refractivity contribution in [3.63, 3.8) is 0 Å². The Morgan fingerprint density at radius 2 is 1.91 bits per heavy atom. The van der Waals surface area contributed by atoms with Crippen LogP contribution in [0.5, 0.6) is 0 Å². The number of aryl methyl sites for hydroxylation is 1. The molecule has 1 aliphatic carbocycles. The van der Waals surface area contributed by atoms with Gasteiger partial charge in [-0.05, 0) is 43.9 Å². The molecule has 0 aromatic carbocycles. The third-order valence-electron chi connectivity index (χ3n) is 5.60. The van der Waals surface area contributed by atoms with Crippen LogP contribution in [-0.2, 0) is 31.4 Å². The molecule has 168 valence electrons. The van der Waals surface area contributed by atoms with Crippen molar-refractivity contribution < 1.29 is 17.7 Å². The monoisotopic (exact) mass is 479 g/mol. The zero-order valence-corrected chi connectivity index (χ0v) is 19.2. The van der Waals surface area contributed by atoms with E-state index in [9.17, 15) is 17.7 Å². The number of hydrogen-bond donors (Lipinski definition) is 0. The third kappa shape index (κ3) is 3.52. The van der Waals surface area contributed by atoms with E-state index in [1.54, 1.807) is 23.0 Å². The van der Waals surface area contributed by atoms with Gasteiger partial charge in [-0.15, -0.1) is 11.3 Å². The zero-order chi connectivity index (χ0) is 22.8. The molecular weight excluding hydrogens is 459 g/mol. The Bertz CT molecular complexity index is 1320. The predicted octanol–water partition coefficient (Wildman–Crippen LogP) is 5.12. The second kappa shape index (κ2) is 7.60. The van der Waals surface area contributed by atoms with Gasteiger partial charge in [0.1, 0.15) is 11.3 Å². The van der Waals surface area contributed by atoms with Crippen molar-refractivity contribution in [3.05, 3.63) is 34.8 Å². The first kappa shape index (κ1) is 21.5. The van der Waals surface area contributed by atoms with E-state index in [4.69, 9.17) is 4.98 Å². The summed E-state index contributed by atoms with van der Waals surface area (Å²) in [5.74, 6) is 2.00. The van der Waals surface area contributed by atoms with Gasteiger partial charge in [0.15, 0.2) is 23.0 Å². The minimum absolute atomic E-state index is 0.116. The summed E-state index contributed by atoms with van der Waals surface area (Å²) < 4.78 is 55.8. The molecule has 1 aliphatic rings. The number of thiophene rings is 1. The fraction of sp³-hybridized carbons (Fsp3) is 0.381. The van der Waals surface area contributed by atoms with Gasteiger partial charge in [0.2, 0.25) is 0 Å². The molecule has 4 aromatic rings. The maximum atomic E-state index is 13.1. The third-order valence-corrected chi connectivity index (χ3v) is 8.26. The Balaban J connectivity index is 1.68. The summed E-state index contributed by atoms with van der Waals surface area (Å²) in [4.78, 5) is 15.5. The number of alkyl halides is 3. The van der Waals surface area contributed by atoms with E-state index in [-0.39, 0.29) is 5.52 Å². The van der Waals surface area contributed by atoms with Crippen LogP contribution < -0.4 is 0 Å². The summed E-state index contributed by atoms with van der Waals surface area (Å²) in [6, 6.07) is 5.11. The molecule has 0 radical (unpaired) electrons. The van der Waals surface area contributed by atoms with Gasteiger partial charge in [-0.1, -0.05) is 0 Å². The van der Waals surface area contributed by atoms with Crippen molar-refractivity contribution in [1.82, 2.24) is 24.1 Å². The van der Waals surface area contributed by atoms with Crippen molar-refractivity contribution in [2.75, 3.05) is 5.75 Å². The molecule has 1 unspecified atom stereocenters. The number of imidazole rings is 2. The molecule has 4 aromatic heterocycles. The highest BCUT2D eigenvalue weighted by Crippen LogP contribution is 2.45. The molecule has 4 heterocycles. The van der Waals surface area contributed by atoms with Crippen molar-refractivity contribution in [3.8, 4) is 22.2 Å². The van der Waals surface area contributed by atoms with E-state index in [2.05, 4.69) is 16.0 Å². The lowest BCUT2D eigenvalue weighted by atomic mass is 10.2. The Morgan fingerprint density at radius 3 is 2.56 bits per heavy atom. The number of aromatic nitrogens is 5. The average molecular weight is 480 g/mol. The summed E-state index contributed by atoms with van der Waals surface area (Å²) >= 11 is 0.321. The summed E-state index contributed by atoms with van der Waals surface area (Å²) in [5.41, 5.74) is -0.0384. The van der Waals surface area contributed by atoms with Crippen LogP contribution in [0.15, 0.2) is 29.4 Å². The normalized spacial score (nSPS) is 15.6. The van der Waals surface area contributed by atoms with E-state index in [0.29, 0.717) is 39.7 Å². The fourth-order valence-corrected chi connectivity index (χ4v) is 5.97. The van der Waals surface area contributed by atoms with E-state index in [1.807, 2.05) is 24.6 Å². The number of rotatable bonds is 5. The van der Waals surface area contributed by atoms with Crippen molar-refractivity contribution >= 4 is 33.7 Å². The van der Waals surface area contributed by atoms with Crippen LogP contribution in [0.4, 0.5) is 13.2 Å². The zero-order valence-electron chi connectivity index (χ0n) is 17.6. The van der Waals surface area contributed by atoms with E-state index >= 15 is 0 Å². The first-order valence-corrected chi connectivity index (χ1v) is 12.3. The number of hydrogen-bond acceptors (Lipinski definition) is 5. The van der Waals surface area contributed by atoms with Crippen molar-refractivity contribution in [2.45, 2.75) is 36.9 Å².